The first-order chi connectivity index (χ1) is 47.2. The van der Waals surface area contributed by atoms with Gasteiger partial charge < -0.3 is 82.5 Å². The molecule has 0 aromatic heterocycles. The zero-order chi connectivity index (χ0) is 71.7. The number of nitrogens with two attached hydrogens (primary N) is 1. The fourth-order valence-electron chi connectivity index (χ4n) is 12.0. The van der Waals surface area contributed by atoms with Crippen LogP contribution in [0.1, 0.15) is 99.5 Å². The molecule has 13 unspecified atom stereocenters. The topological polar surface area (TPSA) is 371 Å². The second-order valence-electron chi connectivity index (χ2n) is 26.5. The minimum absolute atomic E-state index is 0.0778. The number of carbonyl (C=O) groups excluding carboxylic acids is 8. The second-order valence-corrected chi connectivity index (χ2v) is 26.5. The van der Waals surface area contributed by atoms with Gasteiger partial charge in [0.25, 0.3) is 5.91 Å². The van der Waals surface area contributed by atoms with Gasteiger partial charge in [0.2, 0.25) is 41.4 Å². The van der Waals surface area contributed by atoms with E-state index in [1.165, 1.54) is 29.2 Å². The lowest BCUT2D eigenvalue weighted by Crippen LogP contribution is -2.61. The van der Waals surface area contributed by atoms with Crippen molar-refractivity contribution in [2.75, 3.05) is 47.0 Å². The van der Waals surface area contributed by atoms with Gasteiger partial charge in [-0.1, -0.05) is 131 Å². The van der Waals surface area contributed by atoms with E-state index in [-0.39, 0.29) is 81.1 Å². The number of fused-ring (bicyclic) bond motifs is 1. The van der Waals surface area contributed by atoms with Gasteiger partial charge >= 0.3 is 11.9 Å². The van der Waals surface area contributed by atoms with E-state index >= 15 is 9.59 Å². The van der Waals surface area contributed by atoms with Crippen LogP contribution in [0.4, 0.5) is 0 Å². The summed E-state index contributed by atoms with van der Waals surface area (Å²) in [5.41, 5.74) is 7.50. The van der Waals surface area contributed by atoms with Crippen molar-refractivity contribution in [3.8, 4) is 5.75 Å². The molecule has 3 saturated heterocycles. The third-order valence-electron chi connectivity index (χ3n) is 18.2. The predicted molar refractivity (Wildman–Crippen MR) is 369 cm³/mol. The van der Waals surface area contributed by atoms with Gasteiger partial charge in [0, 0.05) is 44.0 Å². The van der Waals surface area contributed by atoms with Crippen LogP contribution in [0.2, 0.25) is 0 Å². The molecule has 5 aromatic rings. The highest BCUT2D eigenvalue weighted by Gasteiger charge is 2.48. The Kier molecular flexibility index (Phi) is 26.4. The van der Waals surface area contributed by atoms with Crippen LogP contribution in [0.3, 0.4) is 0 Å². The van der Waals surface area contributed by atoms with Gasteiger partial charge in [-0.25, -0.2) is 9.59 Å². The molecule has 530 valence electrons. The number of carboxylic acid groups (broad SMARTS) is 2. The molecule has 3 fully saturated rings. The molecule has 8 rings (SSSR count). The molecule has 3 heterocycles. The molecular weight excluding hydrogens is 1270 g/mol. The van der Waals surface area contributed by atoms with Crippen LogP contribution in [0.25, 0.3) is 10.8 Å². The summed E-state index contributed by atoms with van der Waals surface area (Å²) in [6.45, 7) is 11.6. The van der Waals surface area contributed by atoms with Crippen LogP contribution in [-0.2, 0) is 71.9 Å². The molecule has 0 bridgehead atoms. The molecule has 0 spiro atoms. The van der Waals surface area contributed by atoms with Gasteiger partial charge in [0.15, 0.2) is 0 Å². The molecule has 0 aliphatic carbocycles. The quantitative estimate of drug-likeness (QED) is 0.0212. The van der Waals surface area contributed by atoms with Crippen molar-refractivity contribution in [2.45, 2.75) is 159 Å². The van der Waals surface area contributed by atoms with E-state index < -0.39 is 113 Å². The summed E-state index contributed by atoms with van der Waals surface area (Å²) >= 11 is 0. The number of nitrogens with one attached hydrogen (secondary N) is 8. The van der Waals surface area contributed by atoms with Crippen LogP contribution in [0, 0.1) is 5.41 Å². The highest BCUT2D eigenvalue weighted by Crippen LogP contribution is 2.32. The molecule has 0 saturated carbocycles. The Bertz CT molecular complexity index is 3700. The van der Waals surface area contributed by atoms with Crippen molar-refractivity contribution in [1.29, 1.82) is 0 Å². The number of rotatable bonds is 33. The van der Waals surface area contributed by atoms with Crippen molar-refractivity contribution in [2.24, 2.45) is 11.1 Å². The third kappa shape index (κ3) is 20.7. The monoisotopic (exact) mass is 1360 g/mol. The Balaban J connectivity index is 0.931. The highest BCUT2D eigenvalue weighted by molar-refractivity contribution is 5.98. The fraction of sp³-hybridized carbons (Fsp3) is 0.452. The van der Waals surface area contributed by atoms with Crippen LogP contribution < -0.4 is 53.0 Å². The number of nitrogens with zero attached hydrogens (tertiary/aromatic N) is 2. The summed E-state index contributed by atoms with van der Waals surface area (Å²) in [4.78, 5) is 140. The number of likely N-dealkylation sites (N-methyl/N-ethyl adjacent to an activating group) is 2. The molecule has 8 amide bonds. The normalized spacial score (nSPS) is 19.9. The van der Waals surface area contributed by atoms with Gasteiger partial charge in [-0.2, -0.15) is 0 Å². The Labute approximate surface area is 576 Å². The first-order valence-corrected chi connectivity index (χ1v) is 33.5. The first kappa shape index (κ1) is 75.2. The van der Waals surface area contributed by atoms with E-state index in [2.05, 4.69) is 42.5 Å². The summed E-state index contributed by atoms with van der Waals surface area (Å²) in [6, 6.07) is 23.5. The van der Waals surface area contributed by atoms with E-state index in [4.69, 9.17) is 19.9 Å². The SMILES string of the molecule is CCC(NC(=O)C(C)NC)C(=O)N1CC(OCC=CCOc2ccc(CC(NC(=O)C(Cc3ccc4ccccc4c3)NC(=O)C3CC(NC(=O)c4ccc(CC(NC(=O)C(N)c5ccccc5)C(=O)O)cc4)CN3C(=O)C(NC(=O)C(C)NC)C(C)(C)C)C(=O)O)cc2)CC1C1CO1. The molecule has 99 heavy (non-hydrogen) atoms. The number of hydrogen-bond donors (Lipinski definition) is 11. The smallest absolute Gasteiger partial charge is 0.326 e. The Morgan fingerprint density at radius 2 is 1.17 bits per heavy atom. The molecule has 12 N–H and O–H groups in total. The summed E-state index contributed by atoms with van der Waals surface area (Å²) < 4.78 is 17.7. The summed E-state index contributed by atoms with van der Waals surface area (Å²) in [5.74, 6) is -6.65. The second kappa shape index (κ2) is 34.7. The van der Waals surface area contributed by atoms with E-state index in [0.29, 0.717) is 54.0 Å². The molecule has 13 atom stereocenters. The number of amides is 8. The number of aliphatic carboxylic acids is 2. The molecule has 26 nitrogen and oxygen atoms in total. The van der Waals surface area contributed by atoms with E-state index in [9.17, 15) is 48.6 Å². The molecule has 3 aliphatic rings. The number of epoxide rings is 1. The zero-order valence-electron chi connectivity index (χ0n) is 57.2. The lowest BCUT2D eigenvalue weighted by molar-refractivity contribution is -0.145. The zero-order valence-corrected chi connectivity index (χ0v) is 57.2. The molecule has 0 radical (unpaired) electrons. The van der Waals surface area contributed by atoms with Crippen molar-refractivity contribution >= 4 is 70.0 Å². The highest BCUT2D eigenvalue weighted by atomic mass is 16.6. The van der Waals surface area contributed by atoms with Gasteiger partial charge in [-0.05, 0) is 116 Å². The maximum atomic E-state index is 15.1. The molecule has 3 aliphatic heterocycles. The van der Waals surface area contributed by atoms with Crippen molar-refractivity contribution in [3.63, 3.8) is 0 Å². The van der Waals surface area contributed by atoms with Crippen LogP contribution in [0.15, 0.2) is 133 Å². The fourth-order valence-corrected chi connectivity index (χ4v) is 12.0. The maximum absolute atomic E-state index is 15.1. The van der Waals surface area contributed by atoms with Crippen LogP contribution >= 0.6 is 0 Å². The Morgan fingerprint density at radius 1 is 0.616 bits per heavy atom. The summed E-state index contributed by atoms with van der Waals surface area (Å²) in [6.07, 6.45) is 3.73. The van der Waals surface area contributed by atoms with E-state index in [1.807, 2.05) is 49.4 Å². The van der Waals surface area contributed by atoms with Gasteiger partial charge in [0.05, 0.1) is 37.4 Å². The largest absolute Gasteiger partial charge is 0.490 e. The van der Waals surface area contributed by atoms with Crippen LogP contribution in [-0.4, -0.2) is 199 Å². The molecular formula is C73H93N11O15. The Hall–Kier alpha value is -9.60. The number of benzene rings is 5. The number of carbonyl (C=O) groups is 10. The van der Waals surface area contributed by atoms with E-state index in [1.54, 1.807) is 120 Å². The summed E-state index contributed by atoms with van der Waals surface area (Å²) in [7, 11) is 3.27. The van der Waals surface area contributed by atoms with E-state index in [0.717, 1.165) is 10.8 Å². The number of hydrogen-bond acceptors (Lipinski definition) is 16. The Morgan fingerprint density at radius 3 is 1.77 bits per heavy atom. The maximum Gasteiger partial charge on any atom is 0.326 e. The number of carboxylic acids is 2. The first-order valence-electron chi connectivity index (χ1n) is 33.5. The average molecular weight is 1360 g/mol. The van der Waals surface area contributed by atoms with Crippen LogP contribution in [0.5, 0.6) is 5.75 Å². The van der Waals surface area contributed by atoms with Crippen molar-refractivity contribution in [3.05, 3.63) is 161 Å². The number of ether oxygens (including phenoxy) is 3. The predicted octanol–water partition coefficient (Wildman–Crippen LogP) is 2.85. The number of likely N-dealkylation sites (tertiary alicyclic amines) is 2. The molecule has 26 heteroatoms. The lowest BCUT2D eigenvalue weighted by atomic mass is 9.85. The standard InChI is InChI=1S/C73H93N11O15/c1-9-54(78-63(85)42(2)75-7)69(91)84-40-53(38-58(84)60-41-99-60)98-32-16-15-31-97-52-29-24-45(25-30-52)35-56(71(93)94)80-66(88)55(36-46-23-26-47-17-13-14-20-50(47)33-46)79-67(89)59-37-51(39-83(59)70(92)62(73(4,5)6)82-64(86)43(3)76-8)77-65(87)49-27-21-44(22-28-49)34-57(72(95)96)81-68(90)61(74)48-18-11-10-12-19-48/h10-30,33,42-43,51,53-62,75-76H,9,31-32,34-41,74H2,1-8H3,(H,77,87)(H,78,85)(H,79,89)(H,80,88)(H,81,90)(H,82,86)(H,93,94)(H,95,96). The summed E-state index contributed by atoms with van der Waals surface area (Å²) in [5, 5.41) is 44.8. The van der Waals surface area contributed by atoms with Gasteiger partial charge in [0.1, 0.15) is 60.8 Å². The van der Waals surface area contributed by atoms with Gasteiger partial charge in [-0.3, -0.25) is 38.4 Å². The van der Waals surface area contributed by atoms with Gasteiger partial charge in [-0.15, -0.1) is 0 Å². The lowest BCUT2D eigenvalue weighted by Gasteiger charge is -2.36. The van der Waals surface area contributed by atoms with Crippen molar-refractivity contribution < 1.29 is 72.4 Å². The average Bonchev–Trinajstić information content (AvgIpc) is 1.67. The minimum atomic E-state index is -1.49. The minimum Gasteiger partial charge on any atom is -0.490 e. The molecule has 5 aromatic carbocycles. The van der Waals surface area contributed by atoms with Crippen molar-refractivity contribution in [1.82, 2.24) is 52.3 Å². The third-order valence-corrected chi connectivity index (χ3v) is 18.2.